The van der Waals surface area contributed by atoms with E-state index in [0.717, 1.165) is 44.9 Å². The summed E-state index contributed by atoms with van der Waals surface area (Å²) in [7, 11) is 0. The number of aromatic nitrogens is 3. The number of hydrogen-bond acceptors (Lipinski definition) is 3. The van der Waals surface area contributed by atoms with E-state index in [0.29, 0.717) is 18.4 Å². The van der Waals surface area contributed by atoms with E-state index in [2.05, 4.69) is 45.5 Å². The van der Waals surface area contributed by atoms with E-state index in [1.807, 2.05) is 39.1 Å². The van der Waals surface area contributed by atoms with Gasteiger partial charge in [0.05, 0.1) is 16.9 Å². The highest BCUT2D eigenvalue weighted by molar-refractivity contribution is 6.11. The Balaban J connectivity index is 1.91. The van der Waals surface area contributed by atoms with Crippen molar-refractivity contribution in [2.45, 2.75) is 47.1 Å². The van der Waals surface area contributed by atoms with Gasteiger partial charge in [0.1, 0.15) is 12.1 Å². The molecule has 0 spiro atoms. The van der Waals surface area contributed by atoms with Crippen LogP contribution in [0.4, 0.5) is 4.39 Å². The van der Waals surface area contributed by atoms with E-state index in [1.165, 1.54) is 0 Å². The van der Waals surface area contributed by atoms with Crippen molar-refractivity contribution in [3.05, 3.63) is 70.7 Å². The monoisotopic (exact) mass is 402 g/mol. The Bertz CT molecular complexity index is 1210. The van der Waals surface area contributed by atoms with E-state index in [4.69, 9.17) is 0 Å². The number of hydrogen-bond donors (Lipinski definition) is 0. The van der Waals surface area contributed by atoms with Crippen LogP contribution < -0.4 is 0 Å². The van der Waals surface area contributed by atoms with Crippen molar-refractivity contribution in [1.82, 2.24) is 14.5 Å². The van der Waals surface area contributed by atoms with Gasteiger partial charge in [0, 0.05) is 47.4 Å². The summed E-state index contributed by atoms with van der Waals surface area (Å²) >= 11 is 0. The zero-order valence-corrected chi connectivity index (χ0v) is 18.2. The fourth-order valence-electron chi connectivity index (χ4n) is 4.36. The highest BCUT2D eigenvalue weighted by Gasteiger charge is 2.24. The van der Waals surface area contributed by atoms with Crippen molar-refractivity contribution in [3.63, 3.8) is 0 Å². The minimum absolute atomic E-state index is 0.198. The molecule has 30 heavy (non-hydrogen) atoms. The lowest BCUT2D eigenvalue weighted by molar-refractivity contribution is 0.606. The molecule has 0 radical (unpaired) electrons. The molecule has 2 aromatic heterocycles. The minimum atomic E-state index is -0.198. The third-order valence-corrected chi connectivity index (χ3v) is 5.62. The molecular weight excluding hydrogens is 375 g/mol. The molecule has 0 saturated heterocycles. The topological polar surface area (TPSA) is 43.1 Å². The predicted molar refractivity (Wildman–Crippen MR) is 123 cm³/mol. The zero-order valence-electron chi connectivity index (χ0n) is 18.2. The molecule has 154 valence electrons. The quantitative estimate of drug-likeness (QED) is 0.496. The summed E-state index contributed by atoms with van der Waals surface area (Å²) in [6.07, 6.45) is 8.31. The highest BCUT2D eigenvalue weighted by atomic mass is 19.1. The molecule has 1 aliphatic rings. The molecule has 0 fully saturated rings. The SMILES string of the molecule is C/C=C(\C=NCC)c1ncnc2c1C(c1cc(F)c3cc(C)n(C(C)C)c3c1)=CC2. The molecule has 0 unspecified atom stereocenters. The Morgan fingerprint density at radius 2 is 2.07 bits per heavy atom. The first-order chi connectivity index (χ1) is 14.5. The van der Waals surface area contributed by atoms with Crippen LogP contribution in [0.25, 0.3) is 22.0 Å². The van der Waals surface area contributed by atoms with Crippen LogP contribution in [-0.4, -0.2) is 27.3 Å². The number of fused-ring (bicyclic) bond motifs is 2. The number of aryl methyl sites for hydroxylation is 1. The summed E-state index contributed by atoms with van der Waals surface area (Å²) in [4.78, 5) is 13.5. The van der Waals surface area contributed by atoms with Gasteiger partial charge in [0.15, 0.2) is 0 Å². The van der Waals surface area contributed by atoms with Gasteiger partial charge < -0.3 is 4.57 Å². The van der Waals surface area contributed by atoms with E-state index in [9.17, 15) is 0 Å². The highest BCUT2D eigenvalue weighted by Crippen LogP contribution is 2.38. The molecule has 0 atom stereocenters. The molecule has 0 amide bonds. The molecule has 0 aliphatic heterocycles. The van der Waals surface area contributed by atoms with Gasteiger partial charge in [-0.2, -0.15) is 0 Å². The van der Waals surface area contributed by atoms with Gasteiger partial charge in [-0.25, -0.2) is 14.4 Å². The fourth-order valence-corrected chi connectivity index (χ4v) is 4.36. The second kappa shape index (κ2) is 7.98. The van der Waals surface area contributed by atoms with E-state index < -0.39 is 0 Å². The Morgan fingerprint density at radius 3 is 2.77 bits per heavy atom. The summed E-state index contributed by atoms with van der Waals surface area (Å²) in [5.41, 5.74) is 7.57. The van der Waals surface area contributed by atoms with E-state index >= 15 is 4.39 Å². The smallest absolute Gasteiger partial charge is 0.133 e. The van der Waals surface area contributed by atoms with Gasteiger partial charge in [-0.15, -0.1) is 0 Å². The van der Waals surface area contributed by atoms with Gasteiger partial charge in [-0.1, -0.05) is 12.2 Å². The average Bonchev–Trinajstić information content (AvgIpc) is 3.29. The van der Waals surface area contributed by atoms with Crippen molar-refractivity contribution >= 4 is 28.3 Å². The first-order valence-electron chi connectivity index (χ1n) is 10.5. The summed E-state index contributed by atoms with van der Waals surface area (Å²) in [6.45, 7) is 11.0. The molecule has 5 heteroatoms. The number of halogens is 1. The average molecular weight is 403 g/mol. The fraction of sp³-hybridized carbons (Fsp3) is 0.320. The van der Waals surface area contributed by atoms with Crippen molar-refractivity contribution in [2.24, 2.45) is 4.99 Å². The Hall–Kier alpha value is -3.08. The van der Waals surface area contributed by atoms with E-state index in [1.54, 1.807) is 12.4 Å². The van der Waals surface area contributed by atoms with Crippen LogP contribution in [0.15, 0.2) is 41.7 Å². The van der Waals surface area contributed by atoms with Crippen LogP contribution in [0.1, 0.15) is 61.9 Å². The van der Waals surface area contributed by atoms with Crippen molar-refractivity contribution in [3.8, 4) is 0 Å². The van der Waals surface area contributed by atoms with Gasteiger partial charge in [-0.05, 0) is 64.0 Å². The lowest BCUT2D eigenvalue weighted by atomic mass is 9.95. The van der Waals surface area contributed by atoms with Crippen molar-refractivity contribution in [1.29, 1.82) is 0 Å². The molecule has 1 aromatic carbocycles. The van der Waals surface area contributed by atoms with Crippen LogP contribution in [-0.2, 0) is 6.42 Å². The van der Waals surface area contributed by atoms with Gasteiger partial charge >= 0.3 is 0 Å². The molecule has 2 heterocycles. The largest absolute Gasteiger partial charge is 0.342 e. The number of nitrogens with zero attached hydrogens (tertiary/aromatic N) is 4. The third kappa shape index (κ3) is 3.28. The first-order valence-corrected chi connectivity index (χ1v) is 10.5. The normalized spacial score (nSPS) is 14.2. The standard InChI is InChI=1S/C25H27FN4/c1-6-17(13-27-7-2)25-24-19(8-9-22(24)28-14-29-25)18-11-21(26)20-10-16(5)30(15(3)4)23(20)12-18/h6,8,10-15H,7,9H2,1-5H3/b17-6+,27-13?. The maximum absolute atomic E-state index is 15.1. The lowest BCUT2D eigenvalue weighted by Gasteiger charge is -2.15. The molecular formula is C25H27FN4. The maximum atomic E-state index is 15.1. The molecule has 0 N–H and O–H groups in total. The second-order valence-corrected chi connectivity index (χ2v) is 7.88. The zero-order chi connectivity index (χ0) is 21.4. The van der Waals surface area contributed by atoms with Gasteiger partial charge in [0.2, 0.25) is 0 Å². The lowest BCUT2D eigenvalue weighted by Crippen LogP contribution is -2.04. The summed E-state index contributed by atoms with van der Waals surface area (Å²) in [5.74, 6) is -0.198. The molecule has 1 aliphatic carbocycles. The third-order valence-electron chi connectivity index (χ3n) is 5.62. The number of allylic oxidation sites excluding steroid dienone is 3. The minimum Gasteiger partial charge on any atom is -0.342 e. The van der Waals surface area contributed by atoms with Crippen LogP contribution >= 0.6 is 0 Å². The van der Waals surface area contributed by atoms with Gasteiger partial charge in [0.25, 0.3) is 0 Å². The Morgan fingerprint density at radius 1 is 1.27 bits per heavy atom. The number of rotatable bonds is 5. The second-order valence-electron chi connectivity index (χ2n) is 7.88. The molecule has 0 saturated carbocycles. The maximum Gasteiger partial charge on any atom is 0.133 e. The summed E-state index contributed by atoms with van der Waals surface area (Å²) < 4.78 is 17.3. The van der Waals surface area contributed by atoms with Gasteiger partial charge in [-0.3, -0.25) is 4.99 Å². The van der Waals surface area contributed by atoms with Crippen LogP contribution in [0.3, 0.4) is 0 Å². The predicted octanol–water partition coefficient (Wildman–Crippen LogP) is 5.94. The van der Waals surface area contributed by atoms with Crippen molar-refractivity contribution in [2.75, 3.05) is 6.54 Å². The summed E-state index contributed by atoms with van der Waals surface area (Å²) in [6, 6.07) is 5.91. The molecule has 0 bridgehead atoms. The van der Waals surface area contributed by atoms with Crippen LogP contribution in [0.5, 0.6) is 0 Å². The number of aliphatic imine (C=N–C) groups is 1. The van der Waals surface area contributed by atoms with Crippen LogP contribution in [0.2, 0.25) is 0 Å². The molecule has 4 rings (SSSR count). The molecule has 3 aromatic rings. The Kier molecular flexibility index (Phi) is 5.37. The Labute approximate surface area is 176 Å². The number of benzene rings is 1. The first kappa shape index (κ1) is 20.2. The van der Waals surface area contributed by atoms with Crippen molar-refractivity contribution < 1.29 is 4.39 Å². The van der Waals surface area contributed by atoms with Crippen LogP contribution in [0, 0.1) is 12.7 Å². The van der Waals surface area contributed by atoms with E-state index in [-0.39, 0.29) is 11.9 Å². The molecule has 4 nitrogen and oxygen atoms in total. The summed E-state index contributed by atoms with van der Waals surface area (Å²) in [5, 5.41) is 0.664.